The van der Waals surface area contributed by atoms with Crippen molar-refractivity contribution < 1.29 is 19.0 Å². The number of aromatic nitrogens is 2. The lowest BCUT2D eigenvalue weighted by atomic mass is 10.1. The minimum atomic E-state index is -0.0962. The number of methoxy groups -OCH3 is 1. The van der Waals surface area contributed by atoms with Crippen molar-refractivity contribution in [1.29, 1.82) is 0 Å². The lowest BCUT2D eigenvalue weighted by molar-refractivity contribution is -0.137. The summed E-state index contributed by atoms with van der Waals surface area (Å²) >= 11 is 1.36. The number of thiazole rings is 1. The molecule has 0 unspecified atom stereocenters. The number of morpholine rings is 1. The summed E-state index contributed by atoms with van der Waals surface area (Å²) < 4.78 is 18.7. The second-order valence-corrected chi connectivity index (χ2v) is 9.27. The van der Waals surface area contributed by atoms with Crippen molar-refractivity contribution in [2.75, 3.05) is 40.0 Å². The third kappa shape index (κ3) is 4.12. The van der Waals surface area contributed by atoms with E-state index in [2.05, 4.69) is 4.98 Å². The molecule has 9 heteroatoms. The number of amides is 1. The topological polar surface area (TPSA) is 82.4 Å². The number of hydrogen-bond acceptors (Lipinski definition) is 7. The highest BCUT2D eigenvalue weighted by Gasteiger charge is 2.18. The van der Waals surface area contributed by atoms with E-state index >= 15 is 0 Å². The summed E-state index contributed by atoms with van der Waals surface area (Å²) in [6.07, 6.45) is 1.82. The van der Waals surface area contributed by atoms with Crippen LogP contribution in [0, 0.1) is 13.8 Å². The molecule has 1 fully saturated rings. The second kappa shape index (κ2) is 9.08. The van der Waals surface area contributed by atoms with Gasteiger partial charge in [-0.3, -0.25) is 9.59 Å². The largest absolute Gasteiger partial charge is 0.493 e. The molecule has 5 rings (SSSR count). The average Bonchev–Trinajstić information content (AvgIpc) is 3.34. The van der Waals surface area contributed by atoms with Crippen molar-refractivity contribution in [3.63, 3.8) is 0 Å². The standard InChI is InChI=1S/C25H25N3O5S/c1-15-10-18-19(11-16(15)2)28-24(30)22(34-25(28)26-18)13-17-4-5-20(21(12-17)31-3)33-14-23(29)27-6-8-32-9-7-27/h4-5,10-13H,6-9,14H2,1-3H3. The summed E-state index contributed by atoms with van der Waals surface area (Å²) in [6, 6.07) is 9.41. The van der Waals surface area contributed by atoms with Gasteiger partial charge in [0.1, 0.15) is 0 Å². The maximum Gasteiger partial charge on any atom is 0.274 e. The monoisotopic (exact) mass is 479 g/mol. The highest BCUT2D eigenvalue weighted by molar-refractivity contribution is 7.15. The summed E-state index contributed by atoms with van der Waals surface area (Å²) in [5, 5.41) is 0. The van der Waals surface area contributed by atoms with Crippen LogP contribution in [0.2, 0.25) is 0 Å². The molecule has 1 saturated heterocycles. The van der Waals surface area contributed by atoms with Gasteiger partial charge in [0.15, 0.2) is 23.1 Å². The molecule has 0 saturated carbocycles. The molecule has 1 amide bonds. The molecule has 8 nitrogen and oxygen atoms in total. The van der Waals surface area contributed by atoms with Crippen LogP contribution >= 0.6 is 11.3 Å². The van der Waals surface area contributed by atoms with Crippen LogP contribution in [0.1, 0.15) is 16.7 Å². The van der Waals surface area contributed by atoms with E-state index in [1.165, 1.54) is 11.3 Å². The van der Waals surface area contributed by atoms with Crippen LogP contribution in [-0.2, 0) is 9.53 Å². The van der Waals surface area contributed by atoms with Crippen LogP contribution < -0.4 is 19.6 Å². The first-order chi connectivity index (χ1) is 16.4. The first kappa shape index (κ1) is 22.4. The Hall–Kier alpha value is -3.43. The van der Waals surface area contributed by atoms with Crippen molar-refractivity contribution in [3.8, 4) is 11.5 Å². The number of rotatable bonds is 5. The first-order valence-corrected chi connectivity index (χ1v) is 11.9. The average molecular weight is 480 g/mol. The van der Waals surface area contributed by atoms with Crippen LogP contribution in [0.25, 0.3) is 22.1 Å². The van der Waals surface area contributed by atoms with Crippen LogP contribution in [-0.4, -0.2) is 60.2 Å². The SMILES string of the molecule is COc1cc(C=c2sc3nc4cc(C)c(C)cc4n3c2=O)ccc1OCC(=O)N1CCOCC1. The van der Waals surface area contributed by atoms with Gasteiger partial charge in [0.25, 0.3) is 11.5 Å². The molecule has 2 aromatic carbocycles. The van der Waals surface area contributed by atoms with Crippen molar-refractivity contribution in [2.45, 2.75) is 13.8 Å². The van der Waals surface area contributed by atoms with Gasteiger partial charge in [0, 0.05) is 13.1 Å². The van der Waals surface area contributed by atoms with E-state index < -0.39 is 0 Å². The van der Waals surface area contributed by atoms with Gasteiger partial charge in [-0.05, 0) is 60.9 Å². The summed E-state index contributed by atoms with van der Waals surface area (Å²) in [4.78, 5) is 32.6. The van der Waals surface area contributed by atoms with Gasteiger partial charge in [-0.1, -0.05) is 17.4 Å². The quantitative estimate of drug-likeness (QED) is 0.437. The van der Waals surface area contributed by atoms with E-state index in [0.29, 0.717) is 47.3 Å². The zero-order valence-electron chi connectivity index (χ0n) is 19.3. The van der Waals surface area contributed by atoms with Gasteiger partial charge in [-0.25, -0.2) is 9.38 Å². The van der Waals surface area contributed by atoms with Gasteiger partial charge in [-0.15, -0.1) is 0 Å². The third-order valence-electron chi connectivity index (χ3n) is 6.05. The fraction of sp³-hybridized carbons (Fsp3) is 0.320. The zero-order chi connectivity index (χ0) is 23.8. The van der Waals surface area contributed by atoms with Crippen LogP contribution in [0.5, 0.6) is 11.5 Å². The van der Waals surface area contributed by atoms with E-state index in [1.807, 2.05) is 38.1 Å². The van der Waals surface area contributed by atoms with Crippen molar-refractivity contribution in [1.82, 2.24) is 14.3 Å². The number of fused-ring (bicyclic) bond motifs is 3. The number of carbonyl (C=O) groups is 1. The lowest BCUT2D eigenvalue weighted by Crippen LogP contribution is -2.43. The molecule has 0 spiro atoms. The summed E-state index contributed by atoms with van der Waals surface area (Å²) in [6.45, 7) is 6.24. The highest BCUT2D eigenvalue weighted by atomic mass is 32.1. The molecule has 1 aliphatic rings. The Labute approximate surface area is 200 Å². The van der Waals surface area contributed by atoms with E-state index in [9.17, 15) is 9.59 Å². The van der Waals surface area contributed by atoms with Crippen LogP contribution in [0.4, 0.5) is 0 Å². The summed E-state index contributed by atoms with van der Waals surface area (Å²) in [5.74, 6) is 0.881. The van der Waals surface area contributed by atoms with E-state index in [-0.39, 0.29) is 18.1 Å². The predicted molar refractivity (Wildman–Crippen MR) is 131 cm³/mol. The minimum Gasteiger partial charge on any atom is -0.493 e. The molecule has 0 radical (unpaired) electrons. The number of imidazole rings is 1. The normalized spacial score (nSPS) is 14.8. The van der Waals surface area contributed by atoms with Gasteiger partial charge < -0.3 is 19.1 Å². The maximum absolute atomic E-state index is 13.1. The van der Waals surface area contributed by atoms with Gasteiger partial charge >= 0.3 is 0 Å². The number of nitrogens with zero attached hydrogens (tertiary/aromatic N) is 3. The van der Waals surface area contributed by atoms with E-state index in [4.69, 9.17) is 14.2 Å². The number of hydrogen-bond donors (Lipinski definition) is 0. The zero-order valence-corrected chi connectivity index (χ0v) is 20.1. The lowest BCUT2D eigenvalue weighted by Gasteiger charge is -2.26. The molecule has 3 heterocycles. The Morgan fingerprint density at radius 1 is 1.15 bits per heavy atom. The maximum atomic E-state index is 13.1. The summed E-state index contributed by atoms with van der Waals surface area (Å²) in [5.41, 5.74) is 4.62. The Morgan fingerprint density at radius 3 is 2.68 bits per heavy atom. The summed E-state index contributed by atoms with van der Waals surface area (Å²) in [7, 11) is 1.55. The molecule has 0 bridgehead atoms. The predicted octanol–water partition coefficient (Wildman–Crippen LogP) is 2.32. The van der Waals surface area contributed by atoms with E-state index in [0.717, 1.165) is 27.7 Å². The molecule has 0 atom stereocenters. The second-order valence-electron chi connectivity index (χ2n) is 8.26. The van der Waals surface area contributed by atoms with Crippen molar-refractivity contribution in [2.24, 2.45) is 0 Å². The molecule has 4 aromatic rings. The molecule has 0 aliphatic carbocycles. The Morgan fingerprint density at radius 2 is 1.91 bits per heavy atom. The fourth-order valence-corrected chi connectivity index (χ4v) is 4.99. The van der Waals surface area contributed by atoms with Crippen LogP contribution in [0.3, 0.4) is 0 Å². The van der Waals surface area contributed by atoms with Gasteiger partial charge in [0.05, 0.1) is 35.9 Å². The molecule has 34 heavy (non-hydrogen) atoms. The fourth-order valence-electron chi connectivity index (χ4n) is 4.01. The van der Waals surface area contributed by atoms with Crippen molar-refractivity contribution in [3.05, 3.63) is 61.9 Å². The molecule has 1 aliphatic heterocycles. The first-order valence-electron chi connectivity index (χ1n) is 11.0. The molecular formula is C25H25N3O5S. The van der Waals surface area contributed by atoms with Gasteiger partial charge in [-0.2, -0.15) is 0 Å². The third-order valence-corrected chi connectivity index (χ3v) is 7.02. The smallest absolute Gasteiger partial charge is 0.274 e. The highest BCUT2D eigenvalue weighted by Crippen LogP contribution is 2.28. The number of benzene rings is 2. The Kier molecular flexibility index (Phi) is 5.97. The van der Waals surface area contributed by atoms with Gasteiger partial charge in [0.2, 0.25) is 0 Å². The van der Waals surface area contributed by atoms with Crippen molar-refractivity contribution >= 4 is 39.3 Å². The Bertz CT molecular complexity index is 1500. The minimum absolute atomic E-state index is 0.0712. The molecule has 2 aromatic heterocycles. The Balaban J connectivity index is 1.42. The molecule has 0 N–H and O–H groups in total. The molecule has 176 valence electrons. The number of ether oxygens (including phenoxy) is 3. The molecular weight excluding hydrogens is 454 g/mol. The van der Waals surface area contributed by atoms with E-state index in [1.54, 1.807) is 28.5 Å². The van der Waals surface area contributed by atoms with Crippen LogP contribution in [0.15, 0.2) is 35.1 Å². The number of carbonyl (C=O) groups excluding carboxylic acids is 1. The number of aryl methyl sites for hydroxylation is 2.